The van der Waals surface area contributed by atoms with Gasteiger partial charge in [-0.25, -0.2) is 4.79 Å². The van der Waals surface area contributed by atoms with E-state index in [1.807, 2.05) is 66.1 Å². The summed E-state index contributed by atoms with van der Waals surface area (Å²) in [4.78, 5) is 14.4. The fraction of sp³-hybridized carbons (Fsp3) is 0.316. The number of nitrogens with one attached hydrogen (secondary N) is 1. The molecule has 1 N–H and O–H groups in total. The maximum atomic E-state index is 12.5. The highest BCUT2D eigenvalue weighted by atomic mass is 35.5. The quantitative estimate of drug-likeness (QED) is 0.781. The van der Waals surface area contributed by atoms with E-state index in [1.165, 1.54) is 11.1 Å². The SMILES string of the molecule is Cc1ccc(NC(=O)N2CCSC(c3ccccc3Cl)CC2)cc1. The van der Waals surface area contributed by atoms with Crippen LogP contribution < -0.4 is 5.32 Å². The molecule has 3 rings (SSSR count). The molecule has 1 aliphatic rings. The predicted molar refractivity (Wildman–Crippen MR) is 103 cm³/mol. The molecule has 1 unspecified atom stereocenters. The molecule has 1 atom stereocenters. The second-order valence-corrected chi connectivity index (χ2v) is 7.67. The third kappa shape index (κ3) is 4.25. The van der Waals surface area contributed by atoms with Crippen molar-refractivity contribution >= 4 is 35.1 Å². The Bertz CT molecular complexity index is 705. The number of hydrogen-bond acceptors (Lipinski definition) is 2. The normalized spacial score (nSPS) is 18.1. The van der Waals surface area contributed by atoms with E-state index in [0.717, 1.165) is 36.0 Å². The zero-order valence-electron chi connectivity index (χ0n) is 13.7. The first kappa shape index (κ1) is 17.2. The van der Waals surface area contributed by atoms with Crippen LogP contribution in [0.25, 0.3) is 0 Å². The van der Waals surface area contributed by atoms with Gasteiger partial charge in [0.05, 0.1) is 0 Å². The maximum absolute atomic E-state index is 12.5. The van der Waals surface area contributed by atoms with E-state index in [4.69, 9.17) is 11.6 Å². The lowest BCUT2D eigenvalue weighted by atomic mass is 10.1. The van der Waals surface area contributed by atoms with Crippen LogP contribution in [-0.2, 0) is 0 Å². The van der Waals surface area contributed by atoms with Crippen LogP contribution in [0.5, 0.6) is 0 Å². The molecule has 24 heavy (non-hydrogen) atoms. The molecular formula is C19H21ClN2OS. The van der Waals surface area contributed by atoms with Crippen LogP contribution in [0.4, 0.5) is 10.5 Å². The van der Waals surface area contributed by atoms with Crippen molar-refractivity contribution in [1.82, 2.24) is 4.90 Å². The summed E-state index contributed by atoms with van der Waals surface area (Å²) in [5, 5.41) is 4.14. The maximum Gasteiger partial charge on any atom is 0.321 e. The van der Waals surface area contributed by atoms with Gasteiger partial charge in [0.2, 0.25) is 0 Å². The molecular weight excluding hydrogens is 340 g/mol. The minimum absolute atomic E-state index is 0.0285. The Morgan fingerprint density at radius 3 is 2.67 bits per heavy atom. The van der Waals surface area contributed by atoms with Gasteiger partial charge in [-0.2, -0.15) is 11.8 Å². The van der Waals surface area contributed by atoms with Gasteiger partial charge in [0, 0.05) is 34.8 Å². The van der Waals surface area contributed by atoms with Gasteiger partial charge in [0.15, 0.2) is 0 Å². The number of amides is 2. The predicted octanol–water partition coefficient (Wildman–Crippen LogP) is 5.36. The topological polar surface area (TPSA) is 32.3 Å². The van der Waals surface area contributed by atoms with Crippen molar-refractivity contribution in [3.63, 3.8) is 0 Å². The number of carbonyl (C=O) groups excluding carboxylic acids is 1. The summed E-state index contributed by atoms with van der Waals surface area (Å²) in [5.41, 5.74) is 3.19. The number of carbonyl (C=O) groups is 1. The van der Waals surface area contributed by atoms with Crippen molar-refractivity contribution in [2.24, 2.45) is 0 Å². The van der Waals surface area contributed by atoms with Gasteiger partial charge in [-0.05, 0) is 37.1 Å². The fourth-order valence-electron chi connectivity index (χ4n) is 2.80. The van der Waals surface area contributed by atoms with Gasteiger partial charge in [0.1, 0.15) is 0 Å². The number of anilines is 1. The number of rotatable bonds is 2. The van der Waals surface area contributed by atoms with Crippen LogP contribution in [-0.4, -0.2) is 29.8 Å². The van der Waals surface area contributed by atoms with Gasteiger partial charge in [-0.15, -0.1) is 0 Å². The lowest BCUT2D eigenvalue weighted by molar-refractivity contribution is 0.215. The van der Waals surface area contributed by atoms with Gasteiger partial charge >= 0.3 is 6.03 Å². The summed E-state index contributed by atoms with van der Waals surface area (Å²) in [6.45, 7) is 3.52. The molecule has 0 radical (unpaired) electrons. The van der Waals surface area contributed by atoms with E-state index < -0.39 is 0 Å². The average Bonchev–Trinajstić information content (AvgIpc) is 2.83. The van der Waals surface area contributed by atoms with Crippen LogP contribution in [0.1, 0.15) is 22.8 Å². The standard InChI is InChI=1S/C19H21ClN2OS/c1-14-6-8-15(9-7-14)21-19(23)22-11-10-18(24-13-12-22)16-4-2-3-5-17(16)20/h2-9,18H,10-13H2,1H3,(H,21,23). The number of urea groups is 1. The van der Waals surface area contributed by atoms with Crippen molar-refractivity contribution in [2.75, 3.05) is 24.2 Å². The molecule has 126 valence electrons. The van der Waals surface area contributed by atoms with Crippen LogP contribution in [0, 0.1) is 6.92 Å². The van der Waals surface area contributed by atoms with Crippen molar-refractivity contribution in [1.29, 1.82) is 0 Å². The van der Waals surface area contributed by atoms with Gasteiger partial charge in [-0.3, -0.25) is 0 Å². The van der Waals surface area contributed by atoms with Crippen molar-refractivity contribution in [2.45, 2.75) is 18.6 Å². The lowest BCUT2D eigenvalue weighted by Crippen LogP contribution is -2.36. The highest BCUT2D eigenvalue weighted by Crippen LogP contribution is 2.37. The summed E-state index contributed by atoms with van der Waals surface area (Å²) in [6.07, 6.45) is 0.912. The molecule has 3 nitrogen and oxygen atoms in total. The van der Waals surface area contributed by atoms with Gasteiger partial charge in [0.25, 0.3) is 0 Å². The highest BCUT2D eigenvalue weighted by Gasteiger charge is 2.23. The second kappa shape index (κ2) is 7.95. The van der Waals surface area contributed by atoms with Crippen molar-refractivity contribution in [3.05, 3.63) is 64.7 Å². The number of hydrogen-bond donors (Lipinski definition) is 1. The van der Waals surface area contributed by atoms with Crippen molar-refractivity contribution < 1.29 is 4.79 Å². The molecule has 2 aromatic carbocycles. The summed E-state index contributed by atoms with van der Waals surface area (Å²) < 4.78 is 0. The van der Waals surface area contributed by atoms with E-state index in [-0.39, 0.29) is 6.03 Å². The summed E-state index contributed by atoms with van der Waals surface area (Å²) in [6, 6.07) is 15.8. The summed E-state index contributed by atoms with van der Waals surface area (Å²) in [5.74, 6) is 0.914. The minimum atomic E-state index is -0.0285. The smallest absolute Gasteiger partial charge is 0.321 e. The van der Waals surface area contributed by atoms with E-state index in [1.54, 1.807) is 0 Å². The Kier molecular flexibility index (Phi) is 5.69. The molecule has 1 aliphatic heterocycles. The Hall–Kier alpha value is -1.65. The molecule has 1 heterocycles. The second-order valence-electron chi connectivity index (χ2n) is 5.95. The Labute approximate surface area is 152 Å². The van der Waals surface area contributed by atoms with Crippen LogP contribution in [0.2, 0.25) is 5.02 Å². The number of halogens is 1. The number of nitrogens with zero attached hydrogens (tertiary/aromatic N) is 1. The molecule has 0 spiro atoms. The van der Waals surface area contributed by atoms with Crippen LogP contribution in [0.15, 0.2) is 48.5 Å². The molecule has 1 fully saturated rings. The van der Waals surface area contributed by atoms with Crippen LogP contribution >= 0.6 is 23.4 Å². The molecule has 1 saturated heterocycles. The Morgan fingerprint density at radius 2 is 1.92 bits per heavy atom. The average molecular weight is 361 g/mol. The monoisotopic (exact) mass is 360 g/mol. The third-order valence-electron chi connectivity index (χ3n) is 4.18. The largest absolute Gasteiger partial charge is 0.324 e. The molecule has 0 saturated carbocycles. The number of benzene rings is 2. The number of thioether (sulfide) groups is 1. The van der Waals surface area contributed by atoms with Gasteiger partial charge in [-0.1, -0.05) is 47.5 Å². The van der Waals surface area contributed by atoms with Crippen LogP contribution in [0.3, 0.4) is 0 Å². The Balaban J connectivity index is 1.61. The molecule has 2 aromatic rings. The first-order valence-electron chi connectivity index (χ1n) is 8.12. The third-order valence-corrected chi connectivity index (χ3v) is 5.84. The van der Waals surface area contributed by atoms with E-state index in [2.05, 4.69) is 11.4 Å². The van der Waals surface area contributed by atoms with Crippen molar-refractivity contribution in [3.8, 4) is 0 Å². The molecule has 2 amide bonds. The summed E-state index contributed by atoms with van der Waals surface area (Å²) >= 11 is 8.20. The molecule has 0 aromatic heterocycles. The van der Waals surface area contributed by atoms with Gasteiger partial charge < -0.3 is 10.2 Å². The van der Waals surface area contributed by atoms with E-state index >= 15 is 0 Å². The first-order chi connectivity index (χ1) is 11.6. The number of aryl methyl sites for hydroxylation is 1. The zero-order chi connectivity index (χ0) is 16.9. The first-order valence-corrected chi connectivity index (χ1v) is 9.55. The fourth-order valence-corrected chi connectivity index (χ4v) is 4.40. The summed E-state index contributed by atoms with van der Waals surface area (Å²) in [7, 11) is 0. The minimum Gasteiger partial charge on any atom is -0.324 e. The molecule has 0 aliphatic carbocycles. The lowest BCUT2D eigenvalue weighted by Gasteiger charge is -2.21. The highest BCUT2D eigenvalue weighted by molar-refractivity contribution is 7.99. The Morgan fingerprint density at radius 1 is 1.17 bits per heavy atom. The molecule has 0 bridgehead atoms. The van der Waals surface area contributed by atoms with E-state index in [9.17, 15) is 4.79 Å². The van der Waals surface area contributed by atoms with E-state index in [0.29, 0.717) is 5.25 Å². The molecule has 5 heteroatoms. The zero-order valence-corrected chi connectivity index (χ0v) is 15.2.